The number of carbonyl (C=O) groups is 1. The summed E-state index contributed by atoms with van der Waals surface area (Å²) in [6.45, 7) is 2.06. The van der Waals surface area contributed by atoms with Crippen molar-refractivity contribution in [2.24, 2.45) is 5.92 Å². The smallest absolute Gasteiger partial charge is 0.268 e. The molecular weight excluding hydrogens is 434 g/mol. The van der Waals surface area contributed by atoms with Gasteiger partial charge in [-0.15, -0.1) is 0 Å². The summed E-state index contributed by atoms with van der Waals surface area (Å²) in [6.07, 6.45) is 2.38. The highest BCUT2D eigenvalue weighted by Gasteiger charge is 2.29. The number of aromatic nitrogens is 3. The summed E-state index contributed by atoms with van der Waals surface area (Å²) >= 11 is 0. The van der Waals surface area contributed by atoms with Gasteiger partial charge in [-0.25, -0.2) is 9.67 Å². The van der Waals surface area contributed by atoms with Gasteiger partial charge in [0.05, 0.1) is 31.0 Å². The standard InChI is InChI=1S/C25H25N5O4/c1-33-13-12-30-23(31)14-20(15-26-30)29-11-10-18(16-29)24(32)27-19-8-6-17(7-9-19)25-28-21-4-2-3-5-22(21)34-25/h2-9,14-15,18H,10-13,16H2,1H3,(H,27,32). The quantitative estimate of drug-likeness (QED) is 0.453. The zero-order chi connectivity index (χ0) is 23.5. The number of fused-ring (bicyclic) bond motifs is 1. The second-order valence-corrected chi connectivity index (χ2v) is 8.25. The van der Waals surface area contributed by atoms with Gasteiger partial charge < -0.3 is 19.4 Å². The SMILES string of the molecule is COCCn1ncc(N2CCC(C(=O)Nc3ccc(-c4nc5ccccc5o4)cc3)C2)cc1=O. The third-order valence-corrected chi connectivity index (χ3v) is 5.98. The van der Waals surface area contributed by atoms with E-state index in [0.717, 1.165) is 22.4 Å². The van der Waals surface area contributed by atoms with Crippen LogP contribution < -0.4 is 15.8 Å². The Morgan fingerprint density at radius 1 is 1.21 bits per heavy atom. The van der Waals surface area contributed by atoms with Gasteiger partial charge in [0.2, 0.25) is 11.8 Å². The second kappa shape index (κ2) is 9.48. The molecule has 0 saturated carbocycles. The van der Waals surface area contributed by atoms with Gasteiger partial charge in [-0.05, 0) is 42.8 Å². The van der Waals surface area contributed by atoms with E-state index in [2.05, 4.69) is 15.4 Å². The van der Waals surface area contributed by atoms with Gasteiger partial charge in [0.25, 0.3) is 5.56 Å². The van der Waals surface area contributed by atoms with Crippen molar-refractivity contribution in [3.05, 3.63) is 71.1 Å². The molecule has 174 valence electrons. The zero-order valence-electron chi connectivity index (χ0n) is 18.8. The molecule has 0 aliphatic carbocycles. The minimum absolute atomic E-state index is 0.0430. The summed E-state index contributed by atoms with van der Waals surface area (Å²) in [6, 6.07) is 16.6. The summed E-state index contributed by atoms with van der Waals surface area (Å²) in [7, 11) is 1.58. The molecular formula is C25H25N5O4. The first-order valence-electron chi connectivity index (χ1n) is 11.2. The fourth-order valence-electron chi connectivity index (χ4n) is 4.09. The summed E-state index contributed by atoms with van der Waals surface area (Å²) in [5, 5.41) is 7.21. The lowest BCUT2D eigenvalue weighted by molar-refractivity contribution is -0.119. The van der Waals surface area contributed by atoms with Crippen LogP contribution in [0, 0.1) is 5.92 Å². The van der Waals surface area contributed by atoms with Gasteiger partial charge in [0.1, 0.15) is 5.52 Å². The van der Waals surface area contributed by atoms with Crippen LogP contribution in [-0.4, -0.2) is 47.5 Å². The van der Waals surface area contributed by atoms with Gasteiger partial charge in [0.15, 0.2) is 5.58 Å². The van der Waals surface area contributed by atoms with E-state index in [1.807, 2.05) is 53.4 Å². The number of benzene rings is 2. The molecule has 1 N–H and O–H groups in total. The number of anilines is 2. The molecule has 0 radical (unpaired) electrons. The molecule has 1 amide bonds. The van der Waals surface area contributed by atoms with Crippen molar-refractivity contribution >= 4 is 28.4 Å². The molecule has 1 aliphatic rings. The van der Waals surface area contributed by atoms with Crippen molar-refractivity contribution in [3.63, 3.8) is 0 Å². The van der Waals surface area contributed by atoms with E-state index in [-0.39, 0.29) is 17.4 Å². The number of rotatable bonds is 7. The van der Waals surface area contributed by atoms with E-state index in [4.69, 9.17) is 9.15 Å². The monoisotopic (exact) mass is 459 g/mol. The first-order valence-corrected chi connectivity index (χ1v) is 11.2. The van der Waals surface area contributed by atoms with Crippen molar-refractivity contribution < 1.29 is 13.9 Å². The predicted octanol–water partition coefficient (Wildman–Crippen LogP) is 3.16. The van der Waals surface area contributed by atoms with Crippen LogP contribution in [0.3, 0.4) is 0 Å². The van der Waals surface area contributed by atoms with Gasteiger partial charge in [0, 0.05) is 37.5 Å². The summed E-state index contributed by atoms with van der Waals surface area (Å²) in [5.41, 5.74) is 3.66. The first-order chi connectivity index (χ1) is 16.6. The number of nitrogens with zero attached hydrogens (tertiary/aromatic N) is 4. The van der Waals surface area contributed by atoms with Crippen LogP contribution in [0.15, 0.2) is 70.0 Å². The third kappa shape index (κ3) is 4.55. The van der Waals surface area contributed by atoms with E-state index in [0.29, 0.717) is 44.2 Å². The third-order valence-electron chi connectivity index (χ3n) is 5.98. The highest BCUT2D eigenvalue weighted by atomic mass is 16.5. The molecule has 1 unspecified atom stereocenters. The molecule has 2 aromatic heterocycles. The Labute approximate surface area is 196 Å². The van der Waals surface area contributed by atoms with E-state index >= 15 is 0 Å². The highest BCUT2D eigenvalue weighted by Crippen LogP contribution is 2.26. The lowest BCUT2D eigenvalue weighted by Crippen LogP contribution is -2.29. The predicted molar refractivity (Wildman–Crippen MR) is 129 cm³/mol. The minimum atomic E-state index is -0.179. The minimum Gasteiger partial charge on any atom is -0.436 e. The Morgan fingerprint density at radius 3 is 2.79 bits per heavy atom. The molecule has 1 aliphatic heterocycles. The molecule has 1 atom stereocenters. The summed E-state index contributed by atoms with van der Waals surface area (Å²) in [5.74, 6) is 0.328. The molecule has 1 saturated heterocycles. The van der Waals surface area contributed by atoms with E-state index < -0.39 is 0 Å². The summed E-state index contributed by atoms with van der Waals surface area (Å²) in [4.78, 5) is 31.6. The molecule has 34 heavy (non-hydrogen) atoms. The average Bonchev–Trinajstić information content (AvgIpc) is 3.51. The average molecular weight is 460 g/mol. The maximum atomic E-state index is 12.8. The maximum Gasteiger partial charge on any atom is 0.268 e. The number of methoxy groups -OCH3 is 1. The van der Waals surface area contributed by atoms with Crippen LogP contribution in [0.4, 0.5) is 11.4 Å². The lowest BCUT2D eigenvalue weighted by Gasteiger charge is -2.18. The maximum absolute atomic E-state index is 12.8. The van der Waals surface area contributed by atoms with Crippen LogP contribution >= 0.6 is 0 Å². The van der Waals surface area contributed by atoms with Crippen LogP contribution in [-0.2, 0) is 16.1 Å². The number of oxazole rings is 1. The van der Waals surface area contributed by atoms with Crippen molar-refractivity contribution in [1.29, 1.82) is 0 Å². The number of nitrogens with one attached hydrogen (secondary N) is 1. The summed E-state index contributed by atoms with van der Waals surface area (Å²) < 4.78 is 12.2. The van der Waals surface area contributed by atoms with E-state index in [9.17, 15) is 9.59 Å². The molecule has 5 rings (SSSR count). The van der Waals surface area contributed by atoms with Gasteiger partial charge in [-0.1, -0.05) is 12.1 Å². The number of para-hydroxylation sites is 2. The molecule has 3 heterocycles. The number of hydrogen-bond donors (Lipinski definition) is 1. The topological polar surface area (TPSA) is 102 Å². The van der Waals surface area contributed by atoms with E-state index in [1.165, 1.54) is 4.68 Å². The molecule has 0 spiro atoms. The van der Waals surface area contributed by atoms with Gasteiger partial charge >= 0.3 is 0 Å². The molecule has 9 nitrogen and oxygen atoms in total. The Morgan fingerprint density at radius 2 is 2.03 bits per heavy atom. The van der Waals surface area contributed by atoms with Crippen molar-refractivity contribution in [3.8, 4) is 11.5 Å². The highest BCUT2D eigenvalue weighted by molar-refractivity contribution is 5.93. The molecule has 1 fully saturated rings. The number of hydrogen-bond acceptors (Lipinski definition) is 7. The Bertz CT molecular complexity index is 1330. The largest absolute Gasteiger partial charge is 0.436 e. The van der Waals surface area contributed by atoms with Crippen molar-refractivity contribution in [2.75, 3.05) is 37.0 Å². The fourth-order valence-corrected chi connectivity index (χ4v) is 4.09. The lowest BCUT2D eigenvalue weighted by atomic mass is 10.1. The molecule has 9 heteroatoms. The normalized spacial score (nSPS) is 15.7. The van der Waals surface area contributed by atoms with Gasteiger partial charge in [-0.2, -0.15) is 5.10 Å². The molecule has 2 aromatic carbocycles. The van der Waals surface area contributed by atoms with Crippen LogP contribution in [0.5, 0.6) is 0 Å². The van der Waals surface area contributed by atoms with Crippen LogP contribution in [0.2, 0.25) is 0 Å². The van der Waals surface area contributed by atoms with Crippen LogP contribution in [0.25, 0.3) is 22.6 Å². The fraction of sp³-hybridized carbons (Fsp3) is 0.280. The Balaban J connectivity index is 1.20. The van der Waals surface area contributed by atoms with E-state index in [1.54, 1.807) is 19.4 Å². The number of carbonyl (C=O) groups excluding carboxylic acids is 1. The second-order valence-electron chi connectivity index (χ2n) is 8.25. The van der Waals surface area contributed by atoms with Crippen molar-refractivity contribution in [2.45, 2.75) is 13.0 Å². The zero-order valence-corrected chi connectivity index (χ0v) is 18.8. The van der Waals surface area contributed by atoms with Crippen LogP contribution in [0.1, 0.15) is 6.42 Å². The van der Waals surface area contributed by atoms with Gasteiger partial charge in [-0.3, -0.25) is 9.59 Å². The first kappa shape index (κ1) is 21.8. The molecule has 4 aromatic rings. The number of amides is 1. The Kier molecular flexibility index (Phi) is 6.09. The van der Waals surface area contributed by atoms with Crippen molar-refractivity contribution in [1.82, 2.24) is 14.8 Å². The Hall–Kier alpha value is -3.98. The molecule has 0 bridgehead atoms. The number of ether oxygens (including phenoxy) is 1.